The van der Waals surface area contributed by atoms with Gasteiger partial charge < -0.3 is 14.4 Å². The summed E-state index contributed by atoms with van der Waals surface area (Å²) in [5.74, 6) is -3.61. The van der Waals surface area contributed by atoms with Crippen molar-refractivity contribution < 1.29 is 49.2 Å². The summed E-state index contributed by atoms with van der Waals surface area (Å²) in [6.07, 6.45) is -4.88. The van der Waals surface area contributed by atoms with Gasteiger partial charge in [0.15, 0.2) is 0 Å². The third-order valence-corrected chi connectivity index (χ3v) is 11.0. The van der Waals surface area contributed by atoms with Crippen LogP contribution in [0.5, 0.6) is 0 Å². The van der Waals surface area contributed by atoms with E-state index in [0.29, 0.717) is 23.0 Å². The number of nitrogens with zero attached hydrogens (tertiary/aromatic N) is 2. The van der Waals surface area contributed by atoms with E-state index in [4.69, 9.17) is 4.74 Å². The number of alkyl halides is 3. The number of halogens is 3. The highest BCUT2D eigenvalue weighted by molar-refractivity contribution is 7.91. The molecule has 0 spiro atoms. The van der Waals surface area contributed by atoms with Crippen molar-refractivity contribution in [2.24, 2.45) is 0 Å². The Morgan fingerprint density at radius 3 is 2.50 bits per heavy atom. The van der Waals surface area contributed by atoms with Gasteiger partial charge in [-0.3, -0.25) is 9.52 Å². The number of sulfonamides is 1. The van der Waals surface area contributed by atoms with Crippen LogP contribution in [0.15, 0.2) is 51.2 Å². The Morgan fingerprint density at radius 1 is 1.12 bits per heavy atom. The highest BCUT2D eigenvalue weighted by Crippen LogP contribution is 2.53. The first kappa shape index (κ1) is 28.5. The molecule has 1 saturated carbocycles. The van der Waals surface area contributed by atoms with Gasteiger partial charge in [0.05, 0.1) is 23.8 Å². The third kappa shape index (κ3) is 5.59. The van der Waals surface area contributed by atoms with Gasteiger partial charge in [-0.2, -0.15) is 30.6 Å². The molecule has 2 aromatic heterocycles. The molecule has 3 heterocycles. The molecule has 1 aliphatic heterocycles. The normalized spacial score (nSPS) is 22.2. The van der Waals surface area contributed by atoms with Crippen molar-refractivity contribution in [3.63, 3.8) is 0 Å². The second kappa shape index (κ2) is 10.1. The molecular weight excluding hydrogens is 601 g/mol. The molecule has 2 fully saturated rings. The van der Waals surface area contributed by atoms with Crippen LogP contribution in [-0.4, -0.2) is 69.2 Å². The minimum absolute atomic E-state index is 0.0663. The first-order valence-electron chi connectivity index (χ1n) is 11.6. The van der Waals surface area contributed by atoms with Crippen molar-refractivity contribution in [3.05, 3.63) is 53.8 Å². The number of anilines is 1. The number of rotatable bonds is 9. The minimum atomic E-state index is -4.77. The molecular formula is C22H21F3N4O8S3. The summed E-state index contributed by atoms with van der Waals surface area (Å²) in [5, 5.41) is 13.3. The number of hydrogen-bond donors (Lipinski definition) is 3. The lowest BCUT2D eigenvalue weighted by molar-refractivity contribution is -0.155. The molecule has 5 rings (SSSR count). The van der Waals surface area contributed by atoms with E-state index in [0.717, 1.165) is 6.07 Å². The van der Waals surface area contributed by atoms with E-state index < -0.39 is 49.6 Å². The lowest BCUT2D eigenvalue weighted by Crippen LogP contribution is -2.44. The van der Waals surface area contributed by atoms with Crippen LogP contribution in [-0.2, 0) is 35.9 Å². The fourth-order valence-electron chi connectivity index (χ4n) is 4.29. The van der Waals surface area contributed by atoms with Crippen molar-refractivity contribution in [2.75, 3.05) is 31.0 Å². The van der Waals surface area contributed by atoms with E-state index in [-0.39, 0.29) is 53.2 Å². The molecule has 1 aromatic carbocycles. The van der Waals surface area contributed by atoms with Crippen LogP contribution < -0.4 is 9.44 Å². The fourth-order valence-corrected chi connectivity index (χ4v) is 8.14. The van der Waals surface area contributed by atoms with Gasteiger partial charge in [0, 0.05) is 25.1 Å². The number of aromatic nitrogens is 1. The van der Waals surface area contributed by atoms with Crippen LogP contribution in [0.3, 0.4) is 0 Å². The monoisotopic (exact) mass is 622 g/mol. The number of carboxylic acids is 1. The maximum Gasteiger partial charge on any atom is 0.452 e. The van der Waals surface area contributed by atoms with Gasteiger partial charge in [-0.25, -0.2) is 8.42 Å². The van der Waals surface area contributed by atoms with Gasteiger partial charge in [-0.15, -0.1) is 11.3 Å². The molecule has 216 valence electrons. The van der Waals surface area contributed by atoms with Crippen LogP contribution in [0.25, 0.3) is 10.6 Å². The van der Waals surface area contributed by atoms with Gasteiger partial charge in [0.2, 0.25) is 5.76 Å². The number of carboxylic acid groups (broad SMARTS) is 1. The first-order chi connectivity index (χ1) is 18.7. The van der Waals surface area contributed by atoms with Crippen LogP contribution >= 0.6 is 11.3 Å². The van der Waals surface area contributed by atoms with Gasteiger partial charge in [0.25, 0.3) is 10.0 Å². The molecule has 2 unspecified atom stereocenters. The SMILES string of the molecule is O=C(O)C1(NS(=O)(=O)c2ccc(-c3cc(C(F)(F)F)on3)s2)CC1c1cccc(NS(=O)(=O)N2CCOCC2)c1. The fraction of sp³-hybridized carbons (Fsp3) is 0.364. The molecule has 18 heteroatoms. The lowest BCUT2D eigenvalue weighted by atomic mass is 10.1. The summed E-state index contributed by atoms with van der Waals surface area (Å²) >= 11 is 0.593. The van der Waals surface area contributed by atoms with Crippen LogP contribution in [0, 0.1) is 0 Å². The second-order valence-electron chi connectivity index (χ2n) is 9.08. The van der Waals surface area contributed by atoms with Gasteiger partial charge >= 0.3 is 22.4 Å². The average molecular weight is 623 g/mol. The molecule has 1 saturated heterocycles. The van der Waals surface area contributed by atoms with Crippen LogP contribution in [0.1, 0.15) is 23.7 Å². The van der Waals surface area contributed by atoms with Gasteiger partial charge in [-0.1, -0.05) is 17.3 Å². The second-order valence-corrected chi connectivity index (χ2v) is 13.7. The largest absolute Gasteiger partial charge is 0.480 e. The molecule has 0 bridgehead atoms. The van der Waals surface area contributed by atoms with Crippen molar-refractivity contribution in [1.29, 1.82) is 0 Å². The summed E-state index contributed by atoms with van der Waals surface area (Å²) in [7, 11) is -8.32. The lowest BCUT2D eigenvalue weighted by Gasteiger charge is -2.26. The Morgan fingerprint density at radius 2 is 1.85 bits per heavy atom. The number of hydrogen-bond acceptors (Lipinski definition) is 9. The maximum absolute atomic E-state index is 13.1. The smallest absolute Gasteiger partial charge is 0.452 e. The highest BCUT2D eigenvalue weighted by atomic mass is 32.2. The molecule has 40 heavy (non-hydrogen) atoms. The van der Waals surface area contributed by atoms with E-state index in [1.54, 1.807) is 6.07 Å². The molecule has 0 amide bonds. The van der Waals surface area contributed by atoms with Crippen LogP contribution in [0.2, 0.25) is 0 Å². The van der Waals surface area contributed by atoms with Gasteiger partial charge in [0.1, 0.15) is 15.4 Å². The average Bonchev–Trinajstić information content (AvgIpc) is 3.24. The molecule has 3 N–H and O–H groups in total. The predicted molar refractivity (Wildman–Crippen MR) is 134 cm³/mol. The Bertz CT molecular complexity index is 1650. The summed E-state index contributed by atoms with van der Waals surface area (Å²) in [6.45, 7) is 0.852. The Labute approximate surface area is 230 Å². The minimum Gasteiger partial charge on any atom is -0.480 e. The van der Waals surface area contributed by atoms with E-state index in [1.165, 1.54) is 28.6 Å². The summed E-state index contributed by atoms with van der Waals surface area (Å²) < 4.78 is 105. The molecule has 2 aliphatic rings. The number of morpholine rings is 1. The molecule has 0 radical (unpaired) electrons. The van der Waals surface area contributed by atoms with Gasteiger partial charge in [-0.05, 0) is 36.2 Å². The van der Waals surface area contributed by atoms with Crippen molar-refractivity contribution in [3.8, 4) is 10.6 Å². The number of carbonyl (C=O) groups is 1. The molecule has 12 nitrogen and oxygen atoms in total. The predicted octanol–water partition coefficient (Wildman–Crippen LogP) is 2.70. The number of thiophene rings is 1. The molecule has 2 atom stereocenters. The van der Waals surface area contributed by atoms with Crippen LogP contribution in [0.4, 0.5) is 18.9 Å². The summed E-state index contributed by atoms with van der Waals surface area (Å²) in [4.78, 5) is 12.3. The third-order valence-electron chi connectivity index (χ3n) is 6.39. The number of benzene rings is 1. The van der Waals surface area contributed by atoms with E-state index in [2.05, 4.69) is 19.1 Å². The zero-order valence-corrected chi connectivity index (χ0v) is 22.7. The standard InChI is InChI=1S/C22H21F3N4O8S3/c23-22(24,25)18-11-16(26-37-18)17-4-5-19(38-17)39(32,33)28-21(20(30)31)12-15(21)13-2-1-3-14(10-13)27-40(34,35)29-6-8-36-9-7-29/h1-5,10-11,15,27-28H,6-9,12H2,(H,30,31). The molecule has 1 aliphatic carbocycles. The van der Waals surface area contributed by atoms with Crippen molar-refractivity contribution >= 4 is 43.2 Å². The van der Waals surface area contributed by atoms with E-state index in [1.807, 2.05) is 0 Å². The maximum atomic E-state index is 13.1. The first-order valence-corrected chi connectivity index (χ1v) is 15.3. The number of nitrogens with one attached hydrogen (secondary N) is 2. The quantitative estimate of drug-likeness (QED) is 0.325. The zero-order chi connectivity index (χ0) is 28.9. The summed E-state index contributed by atoms with van der Waals surface area (Å²) in [6, 6.07) is 8.99. The zero-order valence-electron chi connectivity index (χ0n) is 20.2. The Kier molecular flexibility index (Phi) is 7.20. The number of aliphatic carboxylic acids is 1. The van der Waals surface area contributed by atoms with E-state index >= 15 is 0 Å². The Hall–Kier alpha value is -3.03. The number of ether oxygens (including phenoxy) is 1. The topological polar surface area (TPSA) is 168 Å². The highest BCUT2D eigenvalue weighted by Gasteiger charge is 2.63. The molecule has 3 aromatic rings. The van der Waals surface area contributed by atoms with E-state index in [9.17, 15) is 39.9 Å². The van der Waals surface area contributed by atoms with Crippen molar-refractivity contribution in [1.82, 2.24) is 14.2 Å². The van der Waals surface area contributed by atoms with Crippen molar-refractivity contribution in [2.45, 2.75) is 28.3 Å². The Balaban J connectivity index is 1.34. The summed E-state index contributed by atoms with van der Waals surface area (Å²) in [5.41, 5.74) is -1.58.